The number of amides is 1. The largest absolute Gasteiger partial charge is 0.312 e. The van der Waals surface area contributed by atoms with Gasteiger partial charge in [0.2, 0.25) is 15.9 Å². The normalized spacial score (nSPS) is 18.4. The number of carbonyl (C=O) groups excluding carboxylic acids is 1. The highest BCUT2D eigenvalue weighted by atomic mass is 32.2. The van der Waals surface area contributed by atoms with Crippen molar-refractivity contribution < 1.29 is 13.2 Å². The Bertz CT molecular complexity index is 694. The average Bonchev–Trinajstić information content (AvgIpc) is 3.15. The standard InChI is InChI=1S/C17H24N2O3S/c1-2-5-17(20)19-11-10-13-12-15(8-9-16(13)19)23(21,22)18-14-6-3-4-7-14/h8-9,12,14,18H,2-7,10-11H2,1H3. The number of rotatable bonds is 5. The van der Waals surface area contributed by atoms with Gasteiger partial charge in [-0.2, -0.15) is 0 Å². The molecule has 0 atom stereocenters. The molecule has 5 nitrogen and oxygen atoms in total. The SMILES string of the molecule is CCCC(=O)N1CCc2cc(S(=O)(=O)NC3CCCC3)ccc21. The number of nitrogens with one attached hydrogen (secondary N) is 1. The van der Waals surface area contributed by atoms with Crippen molar-refractivity contribution in [2.45, 2.75) is 62.8 Å². The van der Waals surface area contributed by atoms with Crippen LogP contribution in [0.15, 0.2) is 23.1 Å². The smallest absolute Gasteiger partial charge is 0.240 e. The Hall–Kier alpha value is -1.40. The van der Waals surface area contributed by atoms with E-state index in [1.54, 1.807) is 23.1 Å². The van der Waals surface area contributed by atoms with Gasteiger partial charge in [0, 0.05) is 24.7 Å². The molecule has 1 aromatic rings. The Labute approximate surface area is 138 Å². The van der Waals surface area contributed by atoms with Gasteiger partial charge < -0.3 is 4.90 Å². The molecular formula is C17H24N2O3S. The Kier molecular flexibility index (Phi) is 4.73. The molecule has 0 bridgehead atoms. The maximum atomic E-state index is 12.5. The first kappa shape index (κ1) is 16.5. The summed E-state index contributed by atoms with van der Waals surface area (Å²) in [5, 5.41) is 0. The van der Waals surface area contributed by atoms with Crippen molar-refractivity contribution in [3.05, 3.63) is 23.8 Å². The number of fused-ring (bicyclic) bond motifs is 1. The quantitative estimate of drug-likeness (QED) is 0.899. The third kappa shape index (κ3) is 3.43. The minimum absolute atomic E-state index is 0.0656. The maximum absolute atomic E-state index is 12.5. The van der Waals surface area contributed by atoms with Crippen LogP contribution in [0.2, 0.25) is 0 Å². The molecule has 0 spiro atoms. The van der Waals surface area contributed by atoms with E-state index in [9.17, 15) is 13.2 Å². The molecule has 2 aliphatic rings. The van der Waals surface area contributed by atoms with Gasteiger partial charge in [-0.25, -0.2) is 13.1 Å². The van der Waals surface area contributed by atoms with Gasteiger partial charge in [-0.05, 0) is 49.4 Å². The molecule has 1 heterocycles. The van der Waals surface area contributed by atoms with Crippen LogP contribution in [0.4, 0.5) is 5.69 Å². The molecule has 6 heteroatoms. The number of sulfonamides is 1. The van der Waals surface area contributed by atoms with Crippen LogP contribution in [0.3, 0.4) is 0 Å². The molecule has 1 amide bonds. The molecular weight excluding hydrogens is 312 g/mol. The number of nitrogens with zero attached hydrogens (tertiary/aromatic N) is 1. The van der Waals surface area contributed by atoms with Crippen LogP contribution in [0, 0.1) is 0 Å². The summed E-state index contributed by atoms with van der Waals surface area (Å²) in [5.41, 5.74) is 1.81. The van der Waals surface area contributed by atoms with Crippen molar-refractivity contribution in [1.29, 1.82) is 0 Å². The number of hydrogen-bond donors (Lipinski definition) is 1. The second kappa shape index (κ2) is 6.61. The Morgan fingerprint density at radius 2 is 2.04 bits per heavy atom. The minimum Gasteiger partial charge on any atom is -0.312 e. The average molecular weight is 336 g/mol. The van der Waals surface area contributed by atoms with Crippen LogP contribution in [0.5, 0.6) is 0 Å². The zero-order valence-corrected chi connectivity index (χ0v) is 14.4. The molecule has 1 fully saturated rings. The monoisotopic (exact) mass is 336 g/mol. The third-order valence-corrected chi connectivity index (χ3v) is 6.22. The highest BCUT2D eigenvalue weighted by molar-refractivity contribution is 7.89. The highest BCUT2D eigenvalue weighted by Gasteiger charge is 2.27. The summed E-state index contributed by atoms with van der Waals surface area (Å²) in [6.07, 6.45) is 6.09. The van der Waals surface area contributed by atoms with Crippen LogP contribution in [-0.2, 0) is 21.2 Å². The van der Waals surface area contributed by atoms with Gasteiger partial charge in [0.15, 0.2) is 0 Å². The van der Waals surface area contributed by atoms with Gasteiger partial charge in [-0.15, -0.1) is 0 Å². The van der Waals surface area contributed by atoms with Gasteiger partial charge in [-0.3, -0.25) is 4.79 Å². The lowest BCUT2D eigenvalue weighted by molar-refractivity contribution is -0.118. The van der Waals surface area contributed by atoms with E-state index in [-0.39, 0.29) is 11.9 Å². The van der Waals surface area contributed by atoms with Crippen LogP contribution < -0.4 is 9.62 Å². The number of benzene rings is 1. The molecule has 23 heavy (non-hydrogen) atoms. The van der Waals surface area contributed by atoms with Crippen molar-refractivity contribution in [2.75, 3.05) is 11.4 Å². The topological polar surface area (TPSA) is 66.5 Å². The van der Waals surface area contributed by atoms with Crippen LogP contribution in [0.25, 0.3) is 0 Å². The molecule has 0 saturated heterocycles. The number of hydrogen-bond acceptors (Lipinski definition) is 3. The third-order valence-electron chi connectivity index (χ3n) is 4.70. The van der Waals surface area contributed by atoms with Crippen molar-refractivity contribution in [3.63, 3.8) is 0 Å². The molecule has 126 valence electrons. The lowest BCUT2D eigenvalue weighted by Gasteiger charge is -2.17. The van der Waals surface area contributed by atoms with Gasteiger partial charge in [-0.1, -0.05) is 19.8 Å². The second-order valence-electron chi connectivity index (χ2n) is 6.44. The molecule has 0 radical (unpaired) electrons. The van der Waals surface area contributed by atoms with Crippen LogP contribution in [-0.4, -0.2) is 26.9 Å². The van der Waals surface area contributed by atoms with Gasteiger partial charge in [0.25, 0.3) is 0 Å². The lowest BCUT2D eigenvalue weighted by Crippen LogP contribution is -2.32. The number of anilines is 1. The van der Waals surface area contributed by atoms with Crippen molar-refractivity contribution in [1.82, 2.24) is 4.72 Å². The van der Waals surface area contributed by atoms with E-state index in [0.29, 0.717) is 17.9 Å². The number of carbonyl (C=O) groups is 1. The van der Waals surface area contributed by atoms with E-state index in [1.807, 2.05) is 6.92 Å². The molecule has 1 aliphatic carbocycles. The molecule has 0 unspecified atom stereocenters. The zero-order chi connectivity index (χ0) is 16.4. The van der Waals surface area contributed by atoms with Gasteiger partial charge in [0.05, 0.1) is 4.90 Å². The maximum Gasteiger partial charge on any atom is 0.240 e. The van der Waals surface area contributed by atoms with E-state index in [4.69, 9.17) is 0 Å². The fourth-order valence-corrected chi connectivity index (χ4v) is 4.84. The molecule has 0 aromatic heterocycles. The summed E-state index contributed by atoms with van der Waals surface area (Å²) in [6.45, 7) is 2.63. The van der Waals surface area contributed by atoms with E-state index >= 15 is 0 Å². The first-order chi connectivity index (χ1) is 11.0. The molecule has 1 aromatic carbocycles. The Balaban J connectivity index is 1.80. The molecule has 3 rings (SSSR count). The van der Waals surface area contributed by atoms with Crippen LogP contribution in [0.1, 0.15) is 51.0 Å². The van der Waals surface area contributed by atoms with E-state index < -0.39 is 10.0 Å². The van der Waals surface area contributed by atoms with Gasteiger partial charge >= 0.3 is 0 Å². The summed E-state index contributed by atoms with van der Waals surface area (Å²) in [7, 11) is -3.47. The highest BCUT2D eigenvalue weighted by Crippen LogP contribution is 2.31. The first-order valence-electron chi connectivity index (χ1n) is 8.47. The second-order valence-corrected chi connectivity index (χ2v) is 8.15. The summed E-state index contributed by atoms with van der Waals surface area (Å²) >= 11 is 0. The minimum atomic E-state index is -3.47. The molecule has 1 saturated carbocycles. The predicted octanol–water partition coefficient (Wildman–Crippen LogP) is 2.60. The Morgan fingerprint density at radius 3 is 2.74 bits per heavy atom. The van der Waals surface area contributed by atoms with Gasteiger partial charge in [0.1, 0.15) is 0 Å². The first-order valence-corrected chi connectivity index (χ1v) is 9.95. The molecule has 1 aliphatic heterocycles. The van der Waals surface area contributed by atoms with Crippen molar-refractivity contribution in [2.24, 2.45) is 0 Å². The summed E-state index contributed by atoms with van der Waals surface area (Å²) in [6, 6.07) is 5.19. The fraction of sp³-hybridized carbons (Fsp3) is 0.588. The fourth-order valence-electron chi connectivity index (χ4n) is 3.48. The van der Waals surface area contributed by atoms with E-state index in [2.05, 4.69) is 4.72 Å². The van der Waals surface area contributed by atoms with E-state index in [1.165, 1.54) is 0 Å². The Morgan fingerprint density at radius 1 is 1.30 bits per heavy atom. The summed E-state index contributed by atoms with van der Waals surface area (Å²) < 4.78 is 27.8. The van der Waals surface area contributed by atoms with E-state index in [0.717, 1.165) is 49.8 Å². The summed E-state index contributed by atoms with van der Waals surface area (Å²) in [4.78, 5) is 14.2. The van der Waals surface area contributed by atoms with Crippen molar-refractivity contribution >= 4 is 21.6 Å². The molecule has 1 N–H and O–H groups in total. The summed E-state index contributed by atoms with van der Waals surface area (Å²) in [5.74, 6) is 0.117. The zero-order valence-electron chi connectivity index (χ0n) is 13.5. The van der Waals surface area contributed by atoms with Crippen molar-refractivity contribution in [3.8, 4) is 0 Å². The predicted molar refractivity (Wildman–Crippen MR) is 90.0 cm³/mol. The lowest BCUT2D eigenvalue weighted by atomic mass is 10.2. The van der Waals surface area contributed by atoms with Crippen LogP contribution >= 0.6 is 0 Å².